The van der Waals surface area contributed by atoms with Gasteiger partial charge in [0.05, 0.1) is 13.2 Å². The van der Waals surface area contributed by atoms with Gasteiger partial charge in [0.1, 0.15) is 0 Å². The summed E-state index contributed by atoms with van der Waals surface area (Å²) in [7, 11) is 0. The largest absolute Gasteiger partial charge is 0.490 e. The summed E-state index contributed by atoms with van der Waals surface area (Å²) in [6.07, 6.45) is 5.01. The molecule has 0 radical (unpaired) electrons. The number of amides is 1. The van der Waals surface area contributed by atoms with Gasteiger partial charge in [-0.15, -0.1) is 0 Å². The molecule has 7 nitrogen and oxygen atoms in total. The monoisotopic (exact) mass is 421 g/mol. The fourth-order valence-electron chi connectivity index (χ4n) is 3.48. The molecule has 0 aliphatic carbocycles. The molecule has 4 rings (SSSR count). The lowest BCUT2D eigenvalue weighted by molar-refractivity contribution is -0.136. The van der Waals surface area contributed by atoms with Gasteiger partial charge in [-0.05, 0) is 42.3 Å². The first-order valence-electron chi connectivity index (χ1n) is 10.3. The average Bonchev–Trinajstić information content (AvgIpc) is 3.08. The van der Waals surface area contributed by atoms with Crippen LogP contribution in [0.5, 0.6) is 11.5 Å². The number of nitrogens with zero attached hydrogens (tertiary/aromatic N) is 1. The summed E-state index contributed by atoms with van der Waals surface area (Å²) in [6, 6.07) is 12.2. The van der Waals surface area contributed by atoms with E-state index in [4.69, 9.17) is 14.2 Å². The number of hydrogen-bond donors (Lipinski definition) is 0. The number of carbonyl (C=O) groups excluding carboxylic acids is 3. The van der Waals surface area contributed by atoms with E-state index in [9.17, 15) is 14.4 Å². The number of fused-ring (bicyclic) bond motifs is 1. The molecule has 2 aliphatic rings. The van der Waals surface area contributed by atoms with E-state index in [1.54, 1.807) is 47.4 Å². The van der Waals surface area contributed by atoms with E-state index in [0.717, 1.165) is 18.4 Å². The summed E-state index contributed by atoms with van der Waals surface area (Å²) in [5, 5.41) is 0. The van der Waals surface area contributed by atoms with E-state index in [0.29, 0.717) is 48.9 Å². The standard InChI is InChI=1S/C24H23NO6/c26-20(18-4-1-5-19(15-18)25-11-2-6-23(25)27)16-31-24(28)10-8-17-7-9-21-22(14-17)30-13-3-12-29-21/h1,4-5,7-10,14-15H,2-3,6,11-13,16H2/b10-8+. The van der Waals surface area contributed by atoms with Crippen LogP contribution in [0.1, 0.15) is 35.2 Å². The molecule has 0 atom stereocenters. The van der Waals surface area contributed by atoms with Crippen LogP contribution in [0.15, 0.2) is 48.5 Å². The molecule has 0 saturated carbocycles. The Bertz CT molecular complexity index is 1030. The van der Waals surface area contributed by atoms with Crippen LogP contribution in [-0.4, -0.2) is 44.0 Å². The van der Waals surface area contributed by atoms with Crippen LogP contribution in [0, 0.1) is 0 Å². The van der Waals surface area contributed by atoms with E-state index < -0.39 is 5.97 Å². The van der Waals surface area contributed by atoms with Crippen LogP contribution >= 0.6 is 0 Å². The average molecular weight is 421 g/mol. The zero-order valence-corrected chi connectivity index (χ0v) is 17.0. The maximum atomic E-state index is 12.4. The van der Waals surface area contributed by atoms with Crippen molar-refractivity contribution in [2.45, 2.75) is 19.3 Å². The number of benzene rings is 2. The molecule has 2 aromatic carbocycles. The summed E-state index contributed by atoms with van der Waals surface area (Å²) in [6.45, 7) is 1.47. The van der Waals surface area contributed by atoms with Crippen molar-refractivity contribution < 1.29 is 28.6 Å². The Hall–Kier alpha value is -3.61. The zero-order valence-electron chi connectivity index (χ0n) is 17.0. The van der Waals surface area contributed by atoms with Crippen molar-refractivity contribution in [2.75, 3.05) is 31.3 Å². The highest BCUT2D eigenvalue weighted by atomic mass is 16.5. The minimum atomic E-state index is -0.619. The van der Waals surface area contributed by atoms with Crippen molar-refractivity contribution in [3.05, 3.63) is 59.7 Å². The second kappa shape index (κ2) is 9.47. The highest BCUT2D eigenvalue weighted by molar-refractivity contribution is 6.01. The number of ketones is 1. The molecule has 2 heterocycles. The molecule has 7 heteroatoms. The Morgan fingerprint density at radius 3 is 2.68 bits per heavy atom. The third-order valence-electron chi connectivity index (χ3n) is 5.08. The molecule has 0 unspecified atom stereocenters. The first-order chi connectivity index (χ1) is 15.1. The molecule has 0 N–H and O–H groups in total. The van der Waals surface area contributed by atoms with Gasteiger partial charge in [-0.25, -0.2) is 4.79 Å². The molecule has 1 saturated heterocycles. The Morgan fingerprint density at radius 2 is 1.87 bits per heavy atom. The lowest BCUT2D eigenvalue weighted by Crippen LogP contribution is -2.24. The van der Waals surface area contributed by atoms with E-state index in [1.807, 2.05) is 6.07 Å². The molecule has 160 valence electrons. The Balaban J connectivity index is 1.33. The van der Waals surface area contributed by atoms with Crippen molar-refractivity contribution in [1.29, 1.82) is 0 Å². The number of Topliss-reactive ketones (excluding diaryl/α,β-unsaturated/α-hetero) is 1. The molecular formula is C24H23NO6. The fraction of sp³-hybridized carbons (Fsp3) is 0.292. The van der Waals surface area contributed by atoms with Gasteiger partial charge in [0.25, 0.3) is 0 Å². The molecule has 2 aliphatic heterocycles. The summed E-state index contributed by atoms with van der Waals surface area (Å²) >= 11 is 0. The van der Waals surface area contributed by atoms with Crippen molar-refractivity contribution in [3.63, 3.8) is 0 Å². The number of ether oxygens (including phenoxy) is 3. The molecule has 2 aromatic rings. The SMILES string of the molecule is O=C(/C=C/c1ccc2c(c1)OCCCO2)OCC(=O)c1cccc(N2CCCC2=O)c1. The fourth-order valence-corrected chi connectivity index (χ4v) is 3.48. The van der Waals surface area contributed by atoms with Gasteiger partial charge in [-0.3, -0.25) is 9.59 Å². The van der Waals surface area contributed by atoms with Crippen molar-refractivity contribution >= 4 is 29.4 Å². The van der Waals surface area contributed by atoms with Crippen molar-refractivity contribution in [1.82, 2.24) is 0 Å². The summed E-state index contributed by atoms with van der Waals surface area (Å²) in [5.41, 5.74) is 1.85. The normalized spacial score (nSPS) is 15.7. The van der Waals surface area contributed by atoms with Crippen LogP contribution in [0.4, 0.5) is 5.69 Å². The number of rotatable bonds is 6. The molecule has 1 fully saturated rings. The zero-order chi connectivity index (χ0) is 21.6. The van der Waals surface area contributed by atoms with Crippen LogP contribution in [0.25, 0.3) is 6.08 Å². The number of anilines is 1. The van der Waals surface area contributed by atoms with Crippen molar-refractivity contribution in [3.8, 4) is 11.5 Å². The molecule has 0 spiro atoms. The van der Waals surface area contributed by atoms with Gasteiger partial charge in [0.2, 0.25) is 5.91 Å². The van der Waals surface area contributed by atoms with E-state index in [2.05, 4.69) is 0 Å². The third kappa shape index (κ3) is 5.12. The van der Waals surface area contributed by atoms with Crippen LogP contribution in [0.2, 0.25) is 0 Å². The molecule has 31 heavy (non-hydrogen) atoms. The summed E-state index contributed by atoms with van der Waals surface area (Å²) in [5.74, 6) is 0.424. The minimum absolute atomic E-state index is 0.0518. The van der Waals surface area contributed by atoms with E-state index in [-0.39, 0.29) is 18.3 Å². The van der Waals surface area contributed by atoms with Crippen molar-refractivity contribution in [2.24, 2.45) is 0 Å². The first-order valence-corrected chi connectivity index (χ1v) is 10.3. The third-order valence-corrected chi connectivity index (χ3v) is 5.08. The lowest BCUT2D eigenvalue weighted by Gasteiger charge is -2.16. The van der Waals surface area contributed by atoms with Gasteiger partial charge in [-0.1, -0.05) is 18.2 Å². The summed E-state index contributed by atoms with van der Waals surface area (Å²) < 4.78 is 16.3. The predicted molar refractivity (Wildman–Crippen MR) is 114 cm³/mol. The number of hydrogen-bond acceptors (Lipinski definition) is 6. The number of esters is 1. The lowest BCUT2D eigenvalue weighted by atomic mass is 10.1. The number of carbonyl (C=O) groups is 3. The van der Waals surface area contributed by atoms with Gasteiger partial charge in [-0.2, -0.15) is 0 Å². The highest BCUT2D eigenvalue weighted by Crippen LogP contribution is 2.30. The molecule has 0 aromatic heterocycles. The minimum Gasteiger partial charge on any atom is -0.490 e. The summed E-state index contributed by atoms with van der Waals surface area (Å²) in [4.78, 5) is 38.0. The van der Waals surface area contributed by atoms with E-state index >= 15 is 0 Å². The smallest absolute Gasteiger partial charge is 0.331 e. The highest BCUT2D eigenvalue weighted by Gasteiger charge is 2.22. The Morgan fingerprint density at radius 1 is 1.03 bits per heavy atom. The van der Waals surface area contributed by atoms with Crippen LogP contribution in [-0.2, 0) is 14.3 Å². The van der Waals surface area contributed by atoms with Crippen LogP contribution in [0.3, 0.4) is 0 Å². The van der Waals surface area contributed by atoms with Gasteiger partial charge < -0.3 is 19.1 Å². The second-order valence-electron chi connectivity index (χ2n) is 7.32. The van der Waals surface area contributed by atoms with Crippen LogP contribution < -0.4 is 14.4 Å². The quantitative estimate of drug-likeness (QED) is 0.404. The second-order valence-corrected chi connectivity index (χ2v) is 7.32. The Kier molecular flexibility index (Phi) is 6.31. The Labute approximate surface area is 180 Å². The topological polar surface area (TPSA) is 82.1 Å². The first kappa shape index (κ1) is 20.7. The van der Waals surface area contributed by atoms with Gasteiger partial charge in [0.15, 0.2) is 23.9 Å². The molecular weight excluding hydrogens is 398 g/mol. The van der Waals surface area contributed by atoms with Gasteiger partial charge >= 0.3 is 5.97 Å². The predicted octanol–water partition coefficient (Wildman–Crippen LogP) is 3.41. The molecule has 0 bridgehead atoms. The molecule has 1 amide bonds. The van der Waals surface area contributed by atoms with E-state index in [1.165, 1.54) is 6.08 Å². The maximum absolute atomic E-state index is 12.4. The van der Waals surface area contributed by atoms with Gasteiger partial charge in [0, 0.05) is 36.7 Å². The maximum Gasteiger partial charge on any atom is 0.331 e.